The number of carbonyl (C=O) groups is 1. The molecule has 0 amide bonds. The minimum absolute atomic E-state index is 0.0356. The predicted octanol–water partition coefficient (Wildman–Crippen LogP) is 4.07. The van der Waals surface area contributed by atoms with Gasteiger partial charge in [-0.05, 0) is 40.2 Å². The molecule has 1 aromatic heterocycles. The number of carbonyl (C=O) groups excluding carboxylic acids is 1. The first-order valence-electron chi connectivity index (χ1n) is 4.32. The van der Waals surface area contributed by atoms with E-state index in [-0.39, 0.29) is 20.8 Å². The number of furan rings is 1. The summed E-state index contributed by atoms with van der Waals surface area (Å²) in [7, 11) is 0. The Bertz CT molecular complexity index is 551. The minimum atomic E-state index is -0.648. The zero-order valence-electron chi connectivity index (χ0n) is 7.84. The average molecular weight is 304 g/mol. The number of halogens is 3. The molecule has 2 nitrogen and oxygen atoms in total. The Hall–Kier alpha value is -1.13. The largest absolute Gasteiger partial charge is 0.457 e. The van der Waals surface area contributed by atoms with Gasteiger partial charge in [-0.15, -0.1) is 0 Å². The number of benzene rings is 1. The van der Waals surface area contributed by atoms with Crippen LogP contribution in [0.25, 0.3) is 0 Å². The van der Waals surface area contributed by atoms with E-state index in [1.54, 1.807) is 0 Å². The average Bonchev–Trinajstić information content (AvgIpc) is 2.63. The van der Waals surface area contributed by atoms with Crippen molar-refractivity contribution in [3.8, 4) is 0 Å². The summed E-state index contributed by atoms with van der Waals surface area (Å²) in [4.78, 5) is 11.9. The standard InChI is InChI=1S/C11H5BrClFO2/c12-11-8(3-4-16-11)10(15)7-2-1-6(13)5-9(7)14/h1-5H. The van der Waals surface area contributed by atoms with Gasteiger partial charge in [-0.25, -0.2) is 4.39 Å². The van der Waals surface area contributed by atoms with Gasteiger partial charge >= 0.3 is 0 Å². The van der Waals surface area contributed by atoms with E-state index in [4.69, 9.17) is 16.0 Å². The fourth-order valence-electron chi connectivity index (χ4n) is 1.27. The van der Waals surface area contributed by atoms with Crippen molar-refractivity contribution >= 4 is 33.3 Å². The van der Waals surface area contributed by atoms with Gasteiger partial charge in [0.2, 0.25) is 0 Å². The lowest BCUT2D eigenvalue weighted by Gasteiger charge is -2.01. The maximum atomic E-state index is 13.5. The predicted molar refractivity (Wildman–Crippen MR) is 61.3 cm³/mol. The molecule has 1 heterocycles. The van der Waals surface area contributed by atoms with E-state index in [0.29, 0.717) is 0 Å². The molecule has 0 aliphatic heterocycles. The van der Waals surface area contributed by atoms with Gasteiger partial charge in [0.05, 0.1) is 17.4 Å². The van der Waals surface area contributed by atoms with Gasteiger partial charge in [0, 0.05) is 5.02 Å². The Morgan fingerprint density at radius 1 is 1.31 bits per heavy atom. The first kappa shape index (κ1) is 11.4. The number of rotatable bonds is 2. The van der Waals surface area contributed by atoms with Crippen molar-refractivity contribution in [1.29, 1.82) is 0 Å². The Labute approximate surface area is 104 Å². The quantitative estimate of drug-likeness (QED) is 0.783. The lowest BCUT2D eigenvalue weighted by molar-refractivity contribution is 0.103. The van der Waals surface area contributed by atoms with E-state index in [1.165, 1.54) is 24.5 Å². The fourth-order valence-corrected chi connectivity index (χ4v) is 1.85. The molecule has 5 heteroatoms. The molecule has 16 heavy (non-hydrogen) atoms. The molecule has 0 saturated carbocycles. The highest BCUT2D eigenvalue weighted by Crippen LogP contribution is 2.23. The number of hydrogen-bond acceptors (Lipinski definition) is 2. The molecule has 0 saturated heterocycles. The molecule has 0 bridgehead atoms. The van der Waals surface area contributed by atoms with Crippen LogP contribution in [0, 0.1) is 5.82 Å². The maximum Gasteiger partial charge on any atom is 0.200 e. The Morgan fingerprint density at radius 2 is 2.06 bits per heavy atom. The van der Waals surface area contributed by atoms with Crippen LogP contribution >= 0.6 is 27.5 Å². The molecule has 0 spiro atoms. The smallest absolute Gasteiger partial charge is 0.200 e. The van der Waals surface area contributed by atoms with Crippen molar-refractivity contribution in [3.05, 3.63) is 57.2 Å². The summed E-state index contributed by atoms with van der Waals surface area (Å²) in [6.07, 6.45) is 1.35. The Morgan fingerprint density at radius 3 is 2.62 bits per heavy atom. The monoisotopic (exact) mass is 302 g/mol. The molecule has 1 aromatic carbocycles. The van der Waals surface area contributed by atoms with Crippen LogP contribution < -0.4 is 0 Å². The van der Waals surface area contributed by atoms with Crippen LogP contribution in [0.15, 0.2) is 39.6 Å². The van der Waals surface area contributed by atoms with Gasteiger partial charge in [0.15, 0.2) is 10.5 Å². The van der Waals surface area contributed by atoms with E-state index >= 15 is 0 Å². The second kappa shape index (κ2) is 4.39. The summed E-state index contributed by atoms with van der Waals surface area (Å²) in [6.45, 7) is 0. The van der Waals surface area contributed by atoms with Crippen molar-refractivity contribution < 1.29 is 13.6 Å². The Kier molecular flexibility index (Phi) is 3.12. The third-order valence-corrected chi connectivity index (χ3v) is 2.89. The summed E-state index contributed by atoms with van der Waals surface area (Å²) in [5.74, 6) is -1.10. The Balaban J connectivity index is 2.46. The second-order valence-corrected chi connectivity index (χ2v) is 4.22. The minimum Gasteiger partial charge on any atom is -0.457 e. The first-order chi connectivity index (χ1) is 7.59. The van der Waals surface area contributed by atoms with Crippen LogP contribution in [0.3, 0.4) is 0 Å². The third-order valence-electron chi connectivity index (χ3n) is 2.04. The normalized spacial score (nSPS) is 10.4. The topological polar surface area (TPSA) is 30.2 Å². The van der Waals surface area contributed by atoms with Crippen LogP contribution in [-0.4, -0.2) is 5.78 Å². The summed E-state index contributed by atoms with van der Waals surface area (Å²) in [5.41, 5.74) is 0.243. The number of hydrogen-bond donors (Lipinski definition) is 0. The van der Waals surface area contributed by atoms with Crippen molar-refractivity contribution in [1.82, 2.24) is 0 Å². The van der Waals surface area contributed by atoms with Crippen LogP contribution in [0.5, 0.6) is 0 Å². The lowest BCUT2D eigenvalue weighted by atomic mass is 10.1. The van der Waals surface area contributed by atoms with Crippen LogP contribution in [0.2, 0.25) is 5.02 Å². The van der Waals surface area contributed by atoms with E-state index in [0.717, 1.165) is 6.07 Å². The molecule has 2 rings (SSSR count). The van der Waals surface area contributed by atoms with E-state index < -0.39 is 11.6 Å². The molecule has 82 valence electrons. The molecule has 2 aromatic rings. The lowest BCUT2D eigenvalue weighted by Crippen LogP contribution is -2.03. The second-order valence-electron chi connectivity index (χ2n) is 3.06. The molecule has 0 atom stereocenters. The van der Waals surface area contributed by atoms with Gasteiger partial charge < -0.3 is 4.42 Å². The zero-order valence-corrected chi connectivity index (χ0v) is 10.2. The molecule has 0 radical (unpaired) electrons. The highest BCUT2D eigenvalue weighted by molar-refractivity contribution is 9.10. The summed E-state index contributed by atoms with van der Waals surface area (Å²) in [5, 5.41) is 0.250. The van der Waals surface area contributed by atoms with Crippen LogP contribution in [-0.2, 0) is 0 Å². The fraction of sp³-hybridized carbons (Fsp3) is 0. The molecule has 0 unspecified atom stereocenters. The first-order valence-corrected chi connectivity index (χ1v) is 5.49. The van der Waals surface area contributed by atoms with Gasteiger partial charge in [-0.2, -0.15) is 0 Å². The summed E-state index contributed by atoms with van der Waals surface area (Å²) < 4.78 is 18.7. The molecule has 0 fully saturated rings. The molecule has 0 aliphatic rings. The summed E-state index contributed by atoms with van der Waals surface area (Å²) >= 11 is 8.67. The van der Waals surface area contributed by atoms with Crippen LogP contribution in [0.1, 0.15) is 15.9 Å². The molecule has 0 aliphatic carbocycles. The van der Waals surface area contributed by atoms with Crippen LogP contribution in [0.4, 0.5) is 4.39 Å². The zero-order chi connectivity index (χ0) is 11.7. The van der Waals surface area contributed by atoms with Gasteiger partial charge in [0.1, 0.15) is 5.82 Å². The molecular weight excluding hydrogens is 298 g/mol. The molecular formula is C11H5BrClFO2. The van der Waals surface area contributed by atoms with Gasteiger partial charge in [-0.3, -0.25) is 4.79 Å². The summed E-state index contributed by atoms with van der Waals surface area (Å²) in [6, 6.07) is 5.38. The van der Waals surface area contributed by atoms with E-state index in [1.807, 2.05) is 0 Å². The van der Waals surface area contributed by atoms with Crippen molar-refractivity contribution in [2.75, 3.05) is 0 Å². The highest BCUT2D eigenvalue weighted by atomic mass is 79.9. The van der Waals surface area contributed by atoms with Gasteiger partial charge in [0.25, 0.3) is 0 Å². The van der Waals surface area contributed by atoms with Crippen molar-refractivity contribution in [2.45, 2.75) is 0 Å². The number of ketones is 1. The third kappa shape index (κ3) is 2.03. The highest BCUT2D eigenvalue weighted by Gasteiger charge is 2.18. The van der Waals surface area contributed by atoms with Gasteiger partial charge in [-0.1, -0.05) is 11.6 Å². The van der Waals surface area contributed by atoms with E-state index in [2.05, 4.69) is 15.9 Å². The SMILES string of the molecule is O=C(c1ccc(Cl)cc1F)c1ccoc1Br. The van der Waals surface area contributed by atoms with Crippen molar-refractivity contribution in [2.24, 2.45) is 0 Å². The van der Waals surface area contributed by atoms with E-state index in [9.17, 15) is 9.18 Å². The van der Waals surface area contributed by atoms with Crippen molar-refractivity contribution in [3.63, 3.8) is 0 Å². The maximum absolute atomic E-state index is 13.5. The molecule has 0 N–H and O–H groups in total.